The maximum atomic E-state index is 3.60. The molecule has 16 heavy (non-hydrogen) atoms. The SMILES string of the molecule is Cc1cc2c(cc1Br)cc1n2C(C)CNC1. The van der Waals surface area contributed by atoms with Gasteiger partial charge < -0.3 is 9.88 Å². The van der Waals surface area contributed by atoms with Crippen molar-refractivity contribution in [3.05, 3.63) is 33.9 Å². The summed E-state index contributed by atoms with van der Waals surface area (Å²) in [5, 5.41) is 4.78. The topological polar surface area (TPSA) is 17.0 Å². The maximum absolute atomic E-state index is 3.60. The van der Waals surface area contributed by atoms with Crippen molar-refractivity contribution in [2.45, 2.75) is 26.4 Å². The Hall–Kier alpha value is -0.800. The third-order valence-electron chi connectivity index (χ3n) is 3.39. The van der Waals surface area contributed by atoms with Crippen molar-refractivity contribution in [1.82, 2.24) is 9.88 Å². The average Bonchev–Trinajstić information content (AvgIpc) is 2.58. The molecule has 1 aliphatic rings. The molecule has 2 nitrogen and oxygen atoms in total. The second-order valence-corrected chi connectivity index (χ2v) is 5.50. The van der Waals surface area contributed by atoms with Gasteiger partial charge in [-0.2, -0.15) is 0 Å². The number of aromatic nitrogens is 1. The minimum absolute atomic E-state index is 0.543. The largest absolute Gasteiger partial charge is 0.339 e. The summed E-state index contributed by atoms with van der Waals surface area (Å²) in [6.07, 6.45) is 0. The van der Waals surface area contributed by atoms with Gasteiger partial charge in [0.2, 0.25) is 0 Å². The van der Waals surface area contributed by atoms with E-state index in [4.69, 9.17) is 0 Å². The molecule has 0 bridgehead atoms. The summed E-state index contributed by atoms with van der Waals surface area (Å²) in [5.41, 5.74) is 4.06. The number of nitrogens with zero attached hydrogens (tertiary/aromatic N) is 1. The van der Waals surface area contributed by atoms with Crippen molar-refractivity contribution in [3.8, 4) is 0 Å². The third kappa shape index (κ3) is 1.42. The van der Waals surface area contributed by atoms with Crippen LogP contribution in [-0.2, 0) is 6.54 Å². The Balaban J connectivity index is 2.34. The van der Waals surface area contributed by atoms with E-state index in [-0.39, 0.29) is 0 Å². The van der Waals surface area contributed by atoms with Crippen molar-refractivity contribution < 1.29 is 0 Å². The zero-order chi connectivity index (χ0) is 11.3. The van der Waals surface area contributed by atoms with Crippen LogP contribution in [0.1, 0.15) is 24.2 Å². The fourth-order valence-electron chi connectivity index (χ4n) is 2.57. The first-order valence-electron chi connectivity index (χ1n) is 5.67. The van der Waals surface area contributed by atoms with Gasteiger partial charge in [-0.1, -0.05) is 15.9 Å². The van der Waals surface area contributed by atoms with E-state index in [9.17, 15) is 0 Å². The van der Waals surface area contributed by atoms with E-state index in [1.807, 2.05) is 0 Å². The van der Waals surface area contributed by atoms with Gasteiger partial charge in [0.15, 0.2) is 0 Å². The number of hydrogen-bond donors (Lipinski definition) is 1. The van der Waals surface area contributed by atoms with Crippen LogP contribution in [0.2, 0.25) is 0 Å². The van der Waals surface area contributed by atoms with Crippen molar-refractivity contribution in [2.24, 2.45) is 0 Å². The summed E-state index contributed by atoms with van der Waals surface area (Å²) >= 11 is 3.60. The zero-order valence-electron chi connectivity index (χ0n) is 9.55. The Labute approximate surface area is 104 Å². The van der Waals surface area contributed by atoms with Crippen LogP contribution in [0.15, 0.2) is 22.7 Å². The lowest BCUT2D eigenvalue weighted by Gasteiger charge is -2.24. The van der Waals surface area contributed by atoms with Crippen LogP contribution in [0.4, 0.5) is 0 Å². The van der Waals surface area contributed by atoms with Crippen LogP contribution < -0.4 is 5.32 Å². The predicted molar refractivity (Wildman–Crippen MR) is 70.8 cm³/mol. The van der Waals surface area contributed by atoms with Crippen LogP contribution in [-0.4, -0.2) is 11.1 Å². The Kier molecular flexibility index (Phi) is 2.33. The highest BCUT2D eigenvalue weighted by Gasteiger charge is 2.18. The molecule has 1 aromatic heterocycles. The molecule has 0 radical (unpaired) electrons. The quantitative estimate of drug-likeness (QED) is 0.782. The molecule has 0 fully saturated rings. The number of hydrogen-bond acceptors (Lipinski definition) is 1. The molecule has 0 amide bonds. The van der Waals surface area contributed by atoms with Crippen molar-refractivity contribution >= 4 is 26.8 Å². The monoisotopic (exact) mass is 278 g/mol. The van der Waals surface area contributed by atoms with Crippen LogP contribution in [0.3, 0.4) is 0 Å². The van der Waals surface area contributed by atoms with E-state index in [2.05, 4.69) is 57.9 Å². The summed E-state index contributed by atoms with van der Waals surface area (Å²) in [4.78, 5) is 0. The Morgan fingerprint density at radius 1 is 1.38 bits per heavy atom. The molecule has 1 N–H and O–H groups in total. The number of halogens is 1. The van der Waals surface area contributed by atoms with Gasteiger partial charge in [0.25, 0.3) is 0 Å². The fourth-order valence-corrected chi connectivity index (χ4v) is 2.93. The standard InChI is InChI=1S/C13H15BrN2/c1-8-3-13-10(5-12(8)14)4-11-7-15-6-9(2)16(11)13/h3-5,9,15H,6-7H2,1-2H3. The van der Waals surface area contributed by atoms with E-state index in [0.717, 1.165) is 13.1 Å². The fraction of sp³-hybridized carbons (Fsp3) is 0.385. The smallest absolute Gasteiger partial charge is 0.0489 e. The third-order valence-corrected chi connectivity index (χ3v) is 4.24. The van der Waals surface area contributed by atoms with Crippen molar-refractivity contribution in [1.29, 1.82) is 0 Å². The van der Waals surface area contributed by atoms with Gasteiger partial charge in [-0.3, -0.25) is 0 Å². The minimum atomic E-state index is 0.543. The van der Waals surface area contributed by atoms with Gasteiger partial charge in [0.1, 0.15) is 0 Å². The molecule has 3 rings (SSSR count). The molecule has 84 valence electrons. The number of fused-ring (bicyclic) bond motifs is 3. The first-order valence-corrected chi connectivity index (χ1v) is 6.47. The molecular formula is C13H15BrN2. The number of nitrogens with one attached hydrogen (secondary N) is 1. The van der Waals surface area contributed by atoms with Crippen molar-refractivity contribution in [2.75, 3.05) is 6.54 Å². The molecule has 1 unspecified atom stereocenters. The van der Waals surface area contributed by atoms with Gasteiger partial charge in [0, 0.05) is 40.2 Å². The molecule has 1 atom stereocenters. The highest BCUT2D eigenvalue weighted by molar-refractivity contribution is 9.10. The molecule has 1 aliphatic heterocycles. The second kappa shape index (κ2) is 3.60. The van der Waals surface area contributed by atoms with E-state index >= 15 is 0 Å². The van der Waals surface area contributed by atoms with Crippen LogP contribution in [0, 0.1) is 6.92 Å². The summed E-state index contributed by atoms with van der Waals surface area (Å²) in [6.45, 7) is 6.46. The molecule has 1 aromatic carbocycles. The number of benzene rings is 1. The highest BCUT2D eigenvalue weighted by atomic mass is 79.9. The first-order chi connectivity index (χ1) is 7.66. The van der Waals surface area contributed by atoms with Gasteiger partial charge in [-0.15, -0.1) is 0 Å². The van der Waals surface area contributed by atoms with Crippen LogP contribution >= 0.6 is 15.9 Å². The molecule has 0 spiro atoms. The summed E-state index contributed by atoms with van der Waals surface area (Å²) in [6, 6.07) is 7.34. The lowest BCUT2D eigenvalue weighted by Crippen LogP contribution is -2.30. The van der Waals surface area contributed by atoms with Crippen LogP contribution in [0.25, 0.3) is 10.9 Å². The first kappa shape index (κ1) is 10.4. The molecular weight excluding hydrogens is 264 g/mol. The average molecular weight is 279 g/mol. The second-order valence-electron chi connectivity index (χ2n) is 4.65. The highest BCUT2D eigenvalue weighted by Crippen LogP contribution is 2.30. The maximum Gasteiger partial charge on any atom is 0.0489 e. The lowest BCUT2D eigenvalue weighted by molar-refractivity contribution is 0.439. The van der Waals surface area contributed by atoms with Crippen molar-refractivity contribution in [3.63, 3.8) is 0 Å². The Morgan fingerprint density at radius 2 is 2.19 bits per heavy atom. The molecule has 2 aromatic rings. The molecule has 0 aliphatic carbocycles. The van der Waals surface area contributed by atoms with Crippen LogP contribution in [0.5, 0.6) is 0 Å². The van der Waals surface area contributed by atoms with E-state index < -0.39 is 0 Å². The van der Waals surface area contributed by atoms with Gasteiger partial charge in [0.05, 0.1) is 0 Å². The molecule has 0 saturated carbocycles. The normalized spacial score (nSPS) is 20.1. The van der Waals surface area contributed by atoms with Gasteiger partial charge >= 0.3 is 0 Å². The summed E-state index contributed by atoms with van der Waals surface area (Å²) in [5.74, 6) is 0. The van der Waals surface area contributed by atoms with E-state index in [1.54, 1.807) is 0 Å². The number of rotatable bonds is 0. The predicted octanol–water partition coefficient (Wildman–Crippen LogP) is 3.38. The van der Waals surface area contributed by atoms with Gasteiger partial charge in [-0.05, 0) is 37.6 Å². The zero-order valence-corrected chi connectivity index (χ0v) is 11.1. The Morgan fingerprint density at radius 3 is 3.00 bits per heavy atom. The Bertz CT molecular complexity index is 557. The lowest BCUT2D eigenvalue weighted by atomic mass is 10.2. The number of aryl methyl sites for hydroxylation is 1. The molecule has 0 saturated heterocycles. The van der Waals surface area contributed by atoms with E-state index in [0.29, 0.717) is 6.04 Å². The van der Waals surface area contributed by atoms with Gasteiger partial charge in [-0.25, -0.2) is 0 Å². The minimum Gasteiger partial charge on any atom is -0.339 e. The molecule has 2 heterocycles. The molecule has 3 heteroatoms. The van der Waals surface area contributed by atoms with E-state index in [1.165, 1.54) is 26.6 Å². The summed E-state index contributed by atoms with van der Waals surface area (Å²) in [7, 11) is 0. The summed E-state index contributed by atoms with van der Waals surface area (Å²) < 4.78 is 3.66.